The van der Waals surface area contributed by atoms with Crippen LogP contribution in [0.1, 0.15) is 106 Å². The van der Waals surface area contributed by atoms with Gasteiger partial charge in [-0.2, -0.15) is 0 Å². The number of hydrogen-bond donors (Lipinski definition) is 0. The lowest BCUT2D eigenvalue weighted by atomic mass is 9.77. The van der Waals surface area contributed by atoms with E-state index in [0.717, 1.165) is 36.3 Å². The van der Waals surface area contributed by atoms with Crippen LogP contribution in [0.2, 0.25) is 0 Å². The first kappa shape index (κ1) is 24.5. The Bertz CT molecular complexity index is 835. The van der Waals surface area contributed by atoms with Crippen LogP contribution in [0.4, 0.5) is 4.39 Å². The number of carbonyl (C=O) groups is 1. The number of halogens is 1. The quantitative estimate of drug-likeness (QED) is 0.259. The van der Waals surface area contributed by atoms with Gasteiger partial charge >= 0.3 is 5.97 Å². The summed E-state index contributed by atoms with van der Waals surface area (Å²) in [6, 6.07) is 12.8. The van der Waals surface area contributed by atoms with Gasteiger partial charge < -0.3 is 4.74 Å². The fourth-order valence-corrected chi connectivity index (χ4v) is 4.87. The van der Waals surface area contributed by atoms with Gasteiger partial charge in [0.05, 0.1) is 12.2 Å². The van der Waals surface area contributed by atoms with E-state index in [9.17, 15) is 9.18 Å². The Morgan fingerprint density at radius 3 is 2.25 bits per heavy atom. The third-order valence-corrected chi connectivity index (χ3v) is 6.94. The molecule has 2 nitrogen and oxygen atoms in total. The van der Waals surface area contributed by atoms with Gasteiger partial charge in [0.2, 0.25) is 0 Å². The van der Waals surface area contributed by atoms with E-state index < -0.39 is 0 Å². The second kappa shape index (κ2) is 12.8. The Morgan fingerprint density at radius 1 is 0.906 bits per heavy atom. The minimum Gasteiger partial charge on any atom is -0.462 e. The molecule has 3 rings (SSSR count). The zero-order valence-electron chi connectivity index (χ0n) is 19.9. The third kappa shape index (κ3) is 6.92. The van der Waals surface area contributed by atoms with Crippen molar-refractivity contribution in [2.45, 2.75) is 90.4 Å². The average Bonchev–Trinajstić information content (AvgIpc) is 2.82. The predicted octanol–water partition coefficient (Wildman–Crippen LogP) is 8.69. The normalized spacial score (nSPS) is 18.5. The highest BCUT2D eigenvalue weighted by atomic mass is 19.1. The maximum Gasteiger partial charge on any atom is 0.338 e. The molecule has 0 aliphatic heterocycles. The lowest BCUT2D eigenvalue weighted by Crippen LogP contribution is -2.13. The zero-order valence-corrected chi connectivity index (χ0v) is 19.9. The van der Waals surface area contributed by atoms with Gasteiger partial charge in [0.25, 0.3) is 0 Å². The molecule has 32 heavy (non-hydrogen) atoms. The summed E-state index contributed by atoms with van der Waals surface area (Å²) in [5, 5.41) is 0. The molecule has 1 saturated carbocycles. The Hall–Kier alpha value is -2.16. The van der Waals surface area contributed by atoms with Crippen molar-refractivity contribution in [2.75, 3.05) is 6.61 Å². The maximum atomic E-state index is 15.0. The molecule has 3 heteroatoms. The largest absolute Gasteiger partial charge is 0.462 e. The van der Waals surface area contributed by atoms with Crippen LogP contribution in [0.15, 0.2) is 42.5 Å². The van der Waals surface area contributed by atoms with Crippen molar-refractivity contribution in [1.82, 2.24) is 0 Å². The highest BCUT2D eigenvalue weighted by Crippen LogP contribution is 2.38. The molecule has 0 spiro atoms. The highest BCUT2D eigenvalue weighted by molar-refractivity contribution is 5.90. The summed E-state index contributed by atoms with van der Waals surface area (Å²) in [4.78, 5) is 12.1. The molecule has 1 aliphatic carbocycles. The maximum absolute atomic E-state index is 15.0. The van der Waals surface area contributed by atoms with Crippen LogP contribution in [0.3, 0.4) is 0 Å². The first-order chi connectivity index (χ1) is 15.6. The molecule has 174 valence electrons. The van der Waals surface area contributed by atoms with Gasteiger partial charge in [-0.15, -0.1) is 0 Å². The van der Waals surface area contributed by atoms with Crippen LogP contribution in [0.25, 0.3) is 11.1 Å². The fourth-order valence-electron chi connectivity index (χ4n) is 4.87. The van der Waals surface area contributed by atoms with Crippen molar-refractivity contribution in [3.8, 4) is 11.1 Å². The molecule has 0 heterocycles. The van der Waals surface area contributed by atoms with Gasteiger partial charge in [-0.1, -0.05) is 76.6 Å². The standard InChI is InChI=1S/C29H39FO2/c1-3-5-7-9-22-10-12-23(13-11-22)26-18-19-27(28(30)21-26)24-14-16-25(17-15-24)29(31)32-20-8-6-4-2/h14-19,21-23H,3-13,20H2,1-2H3. The summed E-state index contributed by atoms with van der Waals surface area (Å²) >= 11 is 0. The SMILES string of the molecule is CCCCCOC(=O)c1ccc(-c2ccc(C3CCC(CCCCC)CC3)cc2F)cc1. The Morgan fingerprint density at radius 2 is 1.59 bits per heavy atom. The van der Waals surface area contributed by atoms with E-state index in [0.29, 0.717) is 23.7 Å². The summed E-state index contributed by atoms with van der Waals surface area (Å²) < 4.78 is 20.3. The summed E-state index contributed by atoms with van der Waals surface area (Å²) in [5.74, 6) is 0.848. The number of unbranched alkanes of at least 4 members (excludes halogenated alkanes) is 4. The minimum absolute atomic E-state index is 0.178. The van der Waals surface area contributed by atoms with Crippen molar-refractivity contribution in [3.05, 3.63) is 59.4 Å². The minimum atomic E-state index is -0.311. The number of ether oxygens (including phenoxy) is 1. The monoisotopic (exact) mass is 438 g/mol. The Labute approximate surface area is 193 Å². The molecule has 0 N–H and O–H groups in total. The van der Waals surface area contributed by atoms with E-state index in [1.165, 1.54) is 51.4 Å². The predicted molar refractivity (Wildman–Crippen MR) is 130 cm³/mol. The molecule has 1 fully saturated rings. The summed E-state index contributed by atoms with van der Waals surface area (Å²) in [6.45, 7) is 4.82. The van der Waals surface area contributed by atoms with E-state index in [1.54, 1.807) is 18.2 Å². The summed E-state index contributed by atoms with van der Waals surface area (Å²) in [5.41, 5.74) is 3.02. The summed E-state index contributed by atoms with van der Waals surface area (Å²) in [6.07, 6.45) is 13.3. The highest BCUT2D eigenvalue weighted by Gasteiger charge is 2.23. The molecular formula is C29H39FO2. The van der Waals surface area contributed by atoms with Crippen LogP contribution in [0, 0.1) is 11.7 Å². The first-order valence-electron chi connectivity index (χ1n) is 12.7. The molecule has 0 amide bonds. The van der Waals surface area contributed by atoms with E-state index in [-0.39, 0.29) is 11.8 Å². The summed E-state index contributed by atoms with van der Waals surface area (Å²) in [7, 11) is 0. The van der Waals surface area contributed by atoms with E-state index in [1.807, 2.05) is 18.2 Å². The van der Waals surface area contributed by atoms with Crippen LogP contribution < -0.4 is 0 Å². The molecule has 0 radical (unpaired) electrons. The zero-order chi connectivity index (χ0) is 22.8. The van der Waals surface area contributed by atoms with Crippen LogP contribution in [-0.4, -0.2) is 12.6 Å². The molecule has 2 aromatic rings. The van der Waals surface area contributed by atoms with Gasteiger partial charge in [-0.25, -0.2) is 9.18 Å². The lowest BCUT2D eigenvalue weighted by molar-refractivity contribution is 0.0498. The van der Waals surface area contributed by atoms with Crippen LogP contribution >= 0.6 is 0 Å². The number of rotatable bonds is 11. The van der Waals surface area contributed by atoms with Gasteiger partial charge in [-0.3, -0.25) is 0 Å². The van der Waals surface area contributed by atoms with Gasteiger partial charge in [0.15, 0.2) is 0 Å². The van der Waals surface area contributed by atoms with E-state index >= 15 is 0 Å². The number of carbonyl (C=O) groups excluding carboxylic acids is 1. The van der Waals surface area contributed by atoms with E-state index in [2.05, 4.69) is 19.9 Å². The van der Waals surface area contributed by atoms with Crippen molar-refractivity contribution >= 4 is 5.97 Å². The molecule has 1 aliphatic rings. The number of hydrogen-bond acceptors (Lipinski definition) is 2. The smallest absolute Gasteiger partial charge is 0.338 e. The van der Waals surface area contributed by atoms with Gasteiger partial charge in [0.1, 0.15) is 5.82 Å². The fraction of sp³-hybridized carbons (Fsp3) is 0.552. The second-order valence-corrected chi connectivity index (χ2v) is 9.37. The van der Waals surface area contributed by atoms with E-state index in [4.69, 9.17) is 4.74 Å². The molecular weight excluding hydrogens is 399 g/mol. The molecule has 0 saturated heterocycles. The molecule has 0 bridgehead atoms. The number of benzene rings is 2. The second-order valence-electron chi connectivity index (χ2n) is 9.37. The topological polar surface area (TPSA) is 26.3 Å². The first-order valence-corrected chi connectivity index (χ1v) is 12.7. The van der Waals surface area contributed by atoms with Crippen LogP contribution in [-0.2, 0) is 4.74 Å². The third-order valence-electron chi connectivity index (χ3n) is 6.94. The van der Waals surface area contributed by atoms with Crippen molar-refractivity contribution in [1.29, 1.82) is 0 Å². The van der Waals surface area contributed by atoms with Gasteiger partial charge in [-0.05, 0) is 73.3 Å². The molecule has 0 unspecified atom stereocenters. The molecule has 0 aromatic heterocycles. The average molecular weight is 439 g/mol. The Balaban J connectivity index is 1.56. The number of esters is 1. The van der Waals surface area contributed by atoms with Crippen molar-refractivity contribution in [2.24, 2.45) is 5.92 Å². The van der Waals surface area contributed by atoms with Crippen molar-refractivity contribution in [3.63, 3.8) is 0 Å². The Kier molecular flexibility index (Phi) is 9.77. The lowest BCUT2D eigenvalue weighted by Gasteiger charge is -2.29. The van der Waals surface area contributed by atoms with Crippen LogP contribution in [0.5, 0.6) is 0 Å². The molecule has 0 atom stereocenters. The molecule has 2 aromatic carbocycles. The van der Waals surface area contributed by atoms with Crippen molar-refractivity contribution < 1.29 is 13.9 Å². The van der Waals surface area contributed by atoms with Gasteiger partial charge in [0, 0.05) is 5.56 Å².